The average Bonchev–Trinajstić information content (AvgIpc) is 1.33. The van der Waals surface area contributed by atoms with E-state index in [1.54, 1.807) is 20.8 Å². The third kappa shape index (κ3) is 134. The summed E-state index contributed by atoms with van der Waals surface area (Å²) in [6.07, 6.45) is -0.167. The van der Waals surface area contributed by atoms with Crippen LogP contribution in [0.25, 0.3) is 0 Å². The first kappa shape index (κ1) is 16.3. The second-order valence-electron chi connectivity index (χ2n) is 1.41. The molecular formula is C5H15KO2. The van der Waals surface area contributed by atoms with Crippen LogP contribution in [0.1, 0.15) is 20.8 Å². The monoisotopic (exact) mass is 146 g/mol. The Morgan fingerprint density at radius 3 is 1.38 bits per heavy atom. The van der Waals surface area contributed by atoms with Gasteiger partial charge in [-0.2, -0.15) is 0 Å². The van der Waals surface area contributed by atoms with Gasteiger partial charge in [0.1, 0.15) is 0 Å². The minimum absolute atomic E-state index is 0. The van der Waals surface area contributed by atoms with Gasteiger partial charge in [-0.15, -0.1) is 0 Å². The molecule has 0 aromatic rings. The maximum atomic E-state index is 8.06. The van der Waals surface area contributed by atoms with Gasteiger partial charge in [0.15, 0.2) is 0 Å². The van der Waals surface area contributed by atoms with Crippen LogP contribution in [0.2, 0.25) is 0 Å². The minimum atomic E-state index is -0.167. The summed E-state index contributed by atoms with van der Waals surface area (Å²) in [5.41, 5.74) is 0. The molecule has 0 saturated carbocycles. The Hall–Kier alpha value is 1.56. The Morgan fingerprint density at radius 2 is 1.38 bits per heavy atom. The van der Waals surface area contributed by atoms with Crippen molar-refractivity contribution in [2.24, 2.45) is 0 Å². The Balaban J connectivity index is -0.0000000575. The molecule has 0 aromatic carbocycles. The zero-order valence-electron chi connectivity index (χ0n) is 5.18. The summed E-state index contributed by atoms with van der Waals surface area (Å²) in [7, 11) is 0. The molecule has 2 N–H and O–H groups in total. The van der Waals surface area contributed by atoms with Gasteiger partial charge in [-0.05, 0) is 20.8 Å². The number of rotatable bonds is 0. The van der Waals surface area contributed by atoms with Crippen LogP contribution in [0, 0.1) is 0 Å². The molecule has 0 saturated heterocycles. The molecule has 0 amide bonds. The standard InChI is InChI=1S/C3H8O.C2H6O.K.H/c1-3(2)4;1-2-3;;/h3-4H,1-2H3;3H,2H2,1H3;;. The van der Waals surface area contributed by atoms with Crippen molar-refractivity contribution in [2.45, 2.75) is 26.9 Å². The molecule has 0 aliphatic heterocycles. The quantitative estimate of drug-likeness (QED) is 0.462. The van der Waals surface area contributed by atoms with E-state index in [0.717, 1.165) is 0 Å². The third-order valence-corrected chi connectivity index (χ3v) is 0. The van der Waals surface area contributed by atoms with Crippen LogP contribution in [0.4, 0.5) is 0 Å². The van der Waals surface area contributed by atoms with Gasteiger partial charge >= 0.3 is 51.4 Å². The summed E-state index contributed by atoms with van der Waals surface area (Å²) >= 11 is 0. The van der Waals surface area contributed by atoms with Crippen molar-refractivity contribution in [3.8, 4) is 0 Å². The Kier molecular flexibility index (Phi) is 32.2. The van der Waals surface area contributed by atoms with Crippen LogP contribution in [-0.4, -0.2) is 74.3 Å². The average molecular weight is 146 g/mol. The predicted octanol–water partition coefficient (Wildman–Crippen LogP) is -0.263. The van der Waals surface area contributed by atoms with Gasteiger partial charge in [-0.1, -0.05) is 0 Å². The van der Waals surface area contributed by atoms with E-state index >= 15 is 0 Å². The van der Waals surface area contributed by atoms with E-state index in [4.69, 9.17) is 10.2 Å². The van der Waals surface area contributed by atoms with Gasteiger partial charge < -0.3 is 10.2 Å². The van der Waals surface area contributed by atoms with Crippen molar-refractivity contribution in [1.29, 1.82) is 0 Å². The van der Waals surface area contributed by atoms with Gasteiger partial charge in [-0.25, -0.2) is 0 Å². The van der Waals surface area contributed by atoms with Crippen LogP contribution in [0.5, 0.6) is 0 Å². The molecule has 0 atom stereocenters. The van der Waals surface area contributed by atoms with E-state index in [1.165, 1.54) is 0 Å². The van der Waals surface area contributed by atoms with Gasteiger partial charge in [0.2, 0.25) is 0 Å². The molecule has 0 aromatic heterocycles. The molecule has 0 fully saturated rings. The van der Waals surface area contributed by atoms with E-state index in [9.17, 15) is 0 Å². The van der Waals surface area contributed by atoms with Crippen LogP contribution < -0.4 is 0 Å². The summed E-state index contributed by atoms with van der Waals surface area (Å²) < 4.78 is 0. The molecule has 0 unspecified atom stereocenters. The second-order valence-corrected chi connectivity index (χ2v) is 1.41. The molecule has 0 heterocycles. The fourth-order valence-corrected chi connectivity index (χ4v) is 0. The van der Waals surface area contributed by atoms with Crippen LogP contribution in [0.15, 0.2) is 0 Å². The molecule has 0 aliphatic rings. The maximum absolute atomic E-state index is 8.06. The molecule has 3 heteroatoms. The van der Waals surface area contributed by atoms with Crippen molar-refractivity contribution in [1.82, 2.24) is 0 Å². The van der Waals surface area contributed by atoms with Gasteiger partial charge in [0, 0.05) is 12.7 Å². The first-order valence-electron chi connectivity index (χ1n) is 2.44. The fourth-order valence-electron chi connectivity index (χ4n) is 0. The molecule has 0 spiro atoms. The first-order valence-corrected chi connectivity index (χ1v) is 2.44. The van der Waals surface area contributed by atoms with Crippen molar-refractivity contribution in [3.63, 3.8) is 0 Å². The van der Waals surface area contributed by atoms with E-state index in [1.807, 2.05) is 0 Å². The second kappa shape index (κ2) is 15.8. The van der Waals surface area contributed by atoms with Crippen LogP contribution in [0.3, 0.4) is 0 Å². The molecule has 0 radical (unpaired) electrons. The molecule has 8 heavy (non-hydrogen) atoms. The van der Waals surface area contributed by atoms with Crippen molar-refractivity contribution in [3.05, 3.63) is 0 Å². The molecule has 0 rings (SSSR count). The summed E-state index contributed by atoms with van der Waals surface area (Å²) in [4.78, 5) is 0. The summed E-state index contributed by atoms with van der Waals surface area (Å²) in [6, 6.07) is 0. The number of hydrogen-bond acceptors (Lipinski definition) is 2. The van der Waals surface area contributed by atoms with E-state index in [0.29, 0.717) is 0 Å². The van der Waals surface area contributed by atoms with E-state index < -0.39 is 0 Å². The summed E-state index contributed by atoms with van der Waals surface area (Å²) in [5, 5.41) is 15.6. The van der Waals surface area contributed by atoms with E-state index in [-0.39, 0.29) is 64.1 Å². The molecule has 0 aliphatic carbocycles. The van der Waals surface area contributed by atoms with Crippen molar-refractivity contribution < 1.29 is 10.2 Å². The molecule has 2 nitrogen and oxygen atoms in total. The first-order chi connectivity index (χ1) is 3.15. The van der Waals surface area contributed by atoms with Gasteiger partial charge in [-0.3, -0.25) is 0 Å². The molecule has 48 valence electrons. The zero-order chi connectivity index (χ0) is 6.28. The van der Waals surface area contributed by atoms with Crippen LogP contribution >= 0.6 is 0 Å². The van der Waals surface area contributed by atoms with Crippen LogP contribution in [-0.2, 0) is 0 Å². The number of hydrogen-bond donors (Lipinski definition) is 2. The van der Waals surface area contributed by atoms with Gasteiger partial charge in [0.05, 0.1) is 0 Å². The number of aliphatic hydroxyl groups excluding tert-OH is 2. The summed E-state index contributed by atoms with van der Waals surface area (Å²) in [5.74, 6) is 0. The normalized spacial score (nSPS) is 6.75. The Bertz CT molecular complexity index is 21.6. The Labute approximate surface area is 93.7 Å². The topological polar surface area (TPSA) is 40.5 Å². The van der Waals surface area contributed by atoms with Crippen molar-refractivity contribution in [2.75, 3.05) is 6.61 Å². The summed E-state index contributed by atoms with van der Waals surface area (Å²) in [6.45, 7) is 5.38. The Morgan fingerprint density at radius 1 is 1.38 bits per heavy atom. The SMILES string of the molecule is CC(C)O.CCO.[KH]. The van der Waals surface area contributed by atoms with E-state index in [2.05, 4.69) is 0 Å². The molecule has 0 bridgehead atoms. The number of aliphatic hydroxyl groups is 2. The zero-order valence-corrected chi connectivity index (χ0v) is 5.18. The van der Waals surface area contributed by atoms with Gasteiger partial charge in [0.25, 0.3) is 0 Å². The fraction of sp³-hybridized carbons (Fsp3) is 1.00. The third-order valence-electron chi connectivity index (χ3n) is 0. The van der Waals surface area contributed by atoms with Crippen molar-refractivity contribution >= 4 is 51.4 Å². The molecular weight excluding hydrogens is 131 g/mol. The predicted molar refractivity (Wildman–Crippen MR) is 37.3 cm³/mol.